The molecule has 0 atom stereocenters. The van der Waals surface area contributed by atoms with E-state index >= 15 is 0 Å². The summed E-state index contributed by atoms with van der Waals surface area (Å²) in [7, 11) is 0. The number of halogens is 2. The van der Waals surface area contributed by atoms with Crippen molar-refractivity contribution in [2.24, 2.45) is 0 Å². The third kappa shape index (κ3) is 5.10. The second kappa shape index (κ2) is 9.55. The van der Waals surface area contributed by atoms with Crippen molar-refractivity contribution in [2.45, 2.75) is 26.2 Å². The van der Waals surface area contributed by atoms with Crippen LogP contribution < -0.4 is 15.4 Å². The third-order valence-electron chi connectivity index (χ3n) is 5.51. The minimum Gasteiger partial charge on any atom is -0.438 e. The number of ether oxygens (including phenoxy) is 1. The summed E-state index contributed by atoms with van der Waals surface area (Å²) in [6, 6.07) is 14.7. The summed E-state index contributed by atoms with van der Waals surface area (Å²) in [5.41, 5.74) is 1.80. The van der Waals surface area contributed by atoms with Crippen molar-refractivity contribution < 1.29 is 13.9 Å². The molecule has 0 saturated carbocycles. The maximum absolute atomic E-state index is 14.9. The largest absolute Gasteiger partial charge is 0.438 e. The molecule has 0 bridgehead atoms. The Balaban J connectivity index is 1.34. The maximum Gasteiger partial charge on any atom is 0.324 e. The molecule has 0 aliphatic heterocycles. The van der Waals surface area contributed by atoms with Gasteiger partial charge in [-0.2, -0.15) is 5.10 Å². The number of nitrogens with zero attached hydrogens (tertiary/aromatic N) is 4. The molecule has 5 aromatic rings. The van der Waals surface area contributed by atoms with Gasteiger partial charge in [-0.3, -0.25) is 5.32 Å². The molecule has 2 aromatic carbocycles. The number of H-pyrrole nitrogens is 1. The van der Waals surface area contributed by atoms with Crippen LogP contribution in [-0.2, 0) is 5.41 Å². The Bertz CT molecular complexity index is 1590. The van der Waals surface area contributed by atoms with E-state index in [9.17, 15) is 9.18 Å². The van der Waals surface area contributed by atoms with E-state index in [1.807, 2.05) is 51.1 Å². The average molecular weight is 520 g/mol. The molecule has 3 aromatic heterocycles. The van der Waals surface area contributed by atoms with Crippen molar-refractivity contribution in [2.75, 3.05) is 10.6 Å². The second-order valence-corrected chi connectivity index (χ2v) is 9.68. The summed E-state index contributed by atoms with van der Waals surface area (Å²) < 4.78 is 22.3. The van der Waals surface area contributed by atoms with E-state index in [0.717, 1.165) is 17.4 Å². The fourth-order valence-electron chi connectivity index (χ4n) is 3.62. The number of carbonyl (C=O) groups is 1. The smallest absolute Gasteiger partial charge is 0.324 e. The SMILES string of the molecule is CC(C)(C)c1cc(NC(=O)Nc2ccc(Oc3ncnc4[nH]cc(Cl)c34)cc2F)n(-c2ccccc2)n1. The molecule has 3 N–H and O–H groups in total. The highest BCUT2D eigenvalue weighted by Gasteiger charge is 2.22. The van der Waals surface area contributed by atoms with Gasteiger partial charge in [0.2, 0.25) is 5.88 Å². The molecule has 0 aliphatic carbocycles. The normalized spacial score (nSPS) is 11.5. The number of hydrogen-bond acceptors (Lipinski definition) is 5. The van der Waals surface area contributed by atoms with Crippen LogP contribution in [0.5, 0.6) is 11.6 Å². The zero-order valence-corrected chi connectivity index (χ0v) is 21.0. The lowest BCUT2D eigenvalue weighted by Crippen LogP contribution is -2.21. The Labute approximate surface area is 216 Å². The van der Waals surface area contributed by atoms with Crippen molar-refractivity contribution in [3.63, 3.8) is 0 Å². The molecule has 11 heteroatoms. The number of anilines is 2. The molecule has 0 spiro atoms. The number of hydrogen-bond donors (Lipinski definition) is 3. The Hall–Kier alpha value is -4.44. The first-order chi connectivity index (χ1) is 17.7. The summed E-state index contributed by atoms with van der Waals surface area (Å²) in [6.45, 7) is 6.10. The average Bonchev–Trinajstić information content (AvgIpc) is 3.46. The highest BCUT2D eigenvalue weighted by molar-refractivity contribution is 6.35. The number of urea groups is 1. The molecular formula is C26H23ClFN7O2. The first-order valence-electron chi connectivity index (χ1n) is 11.4. The molecule has 0 radical (unpaired) electrons. The van der Waals surface area contributed by atoms with E-state index in [-0.39, 0.29) is 22.7 Å². The summed E-state index contributed by atoms with van der Waals surface area (Å²) >= 11 is 6.17. The molecule has 37 heavy (non-hydrogen) atoms. The van der Waals surface area contributed by atoms with Crippen LogP contribution in [0.4, 0.5) is 20.7 Å². The molecule has 5 rings (SSSR count). The van der Waals surface area contributed by atoms with Crippen molar-refractivity contribution in [1.82, 2.24) is 24.7 Å². The molecule has 0 unspecified atom stereocenters. The summed E-state index contributed by atoms with van der Waals surface area (Å²) in [4.78, 5) is 23.9. The number of benzene rings is 2. The van der Waals surface area contributed by atoms with Gasteiger partial charge in [-0.05, 0) is 24.3 Å². The van der Waals surface area contributed by atoms with Crippen LogP contribution >= 0.6 is 11.6 Å². The minimum absolute atomic E-state index is 0.0285. The Kier molecular flexibility index (Phi) is 6.26. The summed E-state index contributed by atoms with van der Waals surface area (Å²) in [5, 5.41) is 10.8. The van der Waals surface area contributed by atoms with Crippen LogP contribution in [-0.4, -0.2) is 30.8 Å². The predicted octanol–water partition coefficient (Wildman–Crippen LogP) is 6.67. The lowest BCUT2D eigenvalue weighted by molar-refractivity contribution is 0.262. The number of para-hydroxylation sites is 1. The molecular weight excluding hydrogens is 497 g/mol. The monoisotopic (exact) mass is 519 g/mol. The van der Waals surface area contributed by atoms with Gasteiger partial charge in [-0.15, -0.1) is 0 Å². The van der Waals surface area contributed by atoms with E-state index in [1.54, 1.807) is 16.9 Å². The predicted molar refractivity (Wildman–Crippen MR) is 140 cm³/mol. The summed E-state index contributed by atoms with van der Waals surface area (Å²) in [5.74, 6) is 0.117. The van der Waals surface area contributed by atoms with Crippen LogP contribution in [0.1, 0.15) is 26.5 Å². The van der Waals surface area contributed by atoms with Crippen LogP contribution in [0.3, 0.4) is 0 Å². The van der Waals surface area contributed by atoms with Crippen molar-refractivity contribution in [3.05, 3.63) is 83.7 Å². The highest BCUT2D eigenvalue weighted by Crippen LogP contribution is 2.33. The van der Waals surface area contributed by atoms with Crippen LogP contribution in [0, 0.1) is 5.82 Å². The molecule has 0 saturated heterocycles. The number of nitrogens with one attached hydrogen (secondary N) is 3. The van der Waals surface area contributed by atoms with Crippen LogP contribution in [0.25, 0.3) is 16.7 Å². The molecule has 188 valence electrons. The number of fused-ring (bicyclic) bond motifs is 1. The van der Waals surface area contributed by atoms with E-state index in [4.69, 9.17) is 16.3 Å². The number of aromatic nitrogens is 5. The Morgan fingerprint density at radius 1 is 1.08 bits per heavy atom. The van der Waals surface area contributed by atoms with Gasteiger partial charge < -0.3 is 15.0 Å². The van der Waals surface area contributed by atoms with Crippen molar-refractivity contribution in [1.29, 1.82) is 0 Å². The summed E-state index contributed by atoms with van der Waals surface area (Å²) in [6.07, 6.45) is 2.88. The van der Waals surface area contributed by atoms with Gasteiger partial charge in [0.25, 0.3) is 0 Å². The van der Waals surface area contributed by atoms with E-state index in [1.165, 1.54) is 18.5 Å². The third-order valence-corrected chi connectivity index (χ3v) is 5.81. The topological polar surface area (TPSA) is 110 Å². The molecule has 2 amide bonds. The minimum atomic E-state index is -0.690. The highest BCUT2D eigenvalue weighted by atomic mass is 35.5. The van der Waals surface area contributed by atoms with Gasteiger partial charge in [0.1, 0.15) is 29.4 Å². The molecule has 3 heterocycles. The van der Waals surface area contributed by atoms with E-state index < -0.39 is 11.8 Å². The Morgan fingerprint density at radius 3 is 2.59 bits per heavy atom. The zero-order chi connectivity index (χ0) is 26.2. The van der Waals surface area contributed by atoms with Gasteiger partial charge in [0.15, 0.2) is 0 Å². The van der Waals surface area contributed by atoms with E-state index in [0.29, 0.717) is 21.9 Å². The first-order valence-corrected chi connectivity index (χ1v) is 11.8. The molecule has 0 aliphatic rings. The number of rotatable bonds is 5. The quantitative estimate of drug-likeness (QED) is 0.240. The zero-order valence-electron chi connectivity index (χ0n) is 20.2. The van der Waals surface area contributed by atoms with Gasteiger partial charge in [-0.1, -0.05) is 50.6 Å². The van der Waals surface area contributed by atoms with Gasteiger partial charge in [0, 0.05) is 23.7 Å². The van der Waals surface area contributed by atoms with Crippen molar-refractivity contribution in [3.8, 4) is 17.3 Å². The van der Waals surface area contributed by atoms with Gasteiger partial charge >= 0.3 is 6.03 Å². The fraction of sp³-hybridized carbons (Fsp3) is 0.154. The number of aromatic amines is 1. The van der Waals surface area contributed by atoms with Crippen LogP contribution in [0.2, 0.25) is 5.02 Å². The lowest BCUT2D eigenvalue weighted by Gasteiger charge is -2.14. The van der Waals surface area contributed by atoms with Gasteiger partial charge in [-0.25, -0.2) is 23.8 Å². The molecule has 9 nitrogen and oxygen atoms in total. The van der Waals surface area contributed by atoms with Gasteiger partial charge in [0.05, 0.1) is 27.5 Å². The second-order valence-electron chi connectivity index (χ2n) is 9.27. The van der Waals surface area contributed by atoms with Crippen LogP contribution in [0.15, 0.2) is 67.1 Å². The molecule has 0 fully saturated rings. The number of carbonyl (C=O) groups excluding carboxylic acids is 1. The fourth-order valence-corrected chi connectivity index (χ4v) is 3.85. The van der Waals surface area contributed by atoms with Crippen molar-refractivity contribution >= 4 is 40.2 Å². The first kappa shape index (κ1) is 24.3. The lowest BCUT2D eigenvalue weighted by atomic mass is 9.92. The van der Waals surface area contributed by atoms with E-state index in [2.05, 4.69) is 30.7 Å². The standard InChI is InChI=1S/C26H23ClFN7O2/c1-26(2,3)20-12-21(35(34-20)15-7-5-4-6-8-15)33-25(36)32-19-10-9-16(11-18(19)28)37-24-22-17(27)13-29-23(22)30-14-31-24/h4-14H,1-3H3,(H,29,30,31)(H2,32,33,36). The maximum atomic E-state index is 14.9. The Morgan fingerprint density at radius 2 is 1.86 bits per heavy atom. The number of amides is 2.